The van der Waals surface area contributed by atoms with E-state index in [9.17, 15) is 8.42 Å². The topological polar surface area (TPSA) is 76.0 Å². The van der Waals surface area contributed by atoms with Gasteiger partial charge in [-0.3, -0.25) is 0 Å². The van der Waals surface area contributed by atoms with Crippen molar-refractivity contribution in [2.45, 2.75) is 31.3 Å². The molecule has 0 spiro atoms. The summed E-state index contributed by atoms with van der Waals surface area (Å²) in [5.74, 6) is 0. The Morgan fingerprint density at radius 1 is 1.39 bits per heavy atom. The van der Waals surface area contributed by atoms with Crippen molar-refractivity contribution in [3.63, 3.8) is 0 Å². The molecule has 18 heavy (non-hydrogen) atoms. The summed E-state index contributed by atoms with van der Waals surface area (Å²) in [5, 5.41) is 3.04. The Bertz CT molecular complexity index is 444. The van der Waals surface area contributed by atoms with E-state index in [0.717, 1.165) is 13.0 Å². The number of hydrogen-bond acceptors (Lipinski definition) is 4. The average Bonchev–Trinajstić information content (AvgIpc) is 2.74. The Balaban J connectivity index is 0.00000289. The summed E-state index contributed by atoms with van der Waals surface area (Å²) < 4.78 is 27.9. The molecule has 0 aliphatic rings. The summed E-state index contributed by atoms with van der Waals surface area (Å²) in [6.07, 6.45) is 3.83. The van der Waals surface area contributed by atoms with Crippen molar-refractivity contribution >= 4 is 22.4 Å². The molecule has 0 bridgehead atoms. The van der Waals surface area contributed by atoms with Crippen LogP contribution in [-0.2, 0) is 10.0 Å². The molecule has 1 heterocycles. The van der Waals surface area contributed by atoms with Crippen molar-refractivity contribution in [3.8, 4) is 0 Å². The Morgan fingerprint density at radius 3 is 2.56 bits per heavy atom. The lowest BCUT2D eigenvalue weighted by Gasteiger charge is -2.05. The van der Waals surface area contributed by atoms with Gasteiger partial charge in [-0.15, -0.1) is 12.4 Å². The molecule has 2 N–H and O–H groups in total. The third kappa shape index (κ3) is 4.93. The summed E-state index contributed by atoms with van der Waals surface area (Å²) >= 11 is 0. The predicted octanol–water partition coefficient (Wildman–Crippen LogP) is 0.774. The maximum absolute atomic E-state index is 11.8. The molecule has 0 aromatic carbocycles. The first-order valence-electron chi connectivity index (χ1n) is 5.65. The van der Waals surface area contributed by atoms with E-state index in [4.69, 9.17) is 0 Å². The molecule has 0 aliphatic carbocycles. The van der Waals surface area contributed by atoms with Crippen LogP contribution in [0.1, 0.15) is 26.3 Å². The summed E-state index contributed by atoms with van der Waals surface area (Å²) in [4.78, 5) is 3.90. The Hall–Kier alpha value is -0.630. The second-order valence-electron chi connectivity index (χ2n) is 4.11. The number of imidazole rings is 1. The first-order chi connectivity index (χ1) is 7.97. The van der Waals surface area contributed by atoms with E-state index in [1.165, 1.54) is 6.33 Å². The van der Waals surface area contributed by atoms with E-state index in [1.807, 2.05) is 20.9 Å². The molecule has 0 atom stereocenters. The minimum absolute atomic E-state index is 0. The molecule has 1 aromatic heterocycles. The van der Waals surface area contributed by atoms with Gasteiger partial charge in [0, 0.05) is 18.8 Å². The summed E-state index contributed by atoms with van der Waals surface area (Å²) in [7, 11) is -1.63. The molecule has 0 radical (unpaired) electrons. The Labute approximate surface area is 115 Å². The van der Waals surface area contributed by atoms with Crippen molar-refractivity contribution < 1.29 is 8.42 Å². The second-order valence-corrected chi connectivity index (χ2v) is 5.82. The highest BCUT2D eigenvalue weighted by molar-refractivity contribution is 7.89. The van der Waals surface area contributed by atoms with Crippen molar-refractivity contribution in [1.82, 2.24) is 19.6 Å². The lowest BCUT2D eigenvalue weighted by atomic mass is 10.4. The fourth-order valence-electron chi connectivity index (χ4n) is 1.28. The van der Waals surface area contributed by atoms with Crippen LogP contribution < -0.4 is 10.0 Å². The van der Waals surface area contributed by atoms with Gasteiger partial charge in [0.25, 0.3) is 10.0 Å². The number of hydrogen-bond donors (Lipinski definition) is 2. The van der Waals surface area contributed by atoms with Crippen LogP contribution in [0.3, 0.4) is 0 Å². The number of rotatable bonds is 7. The van der Waals surface area contributed by atoms with Gasteiger partial charge in [-0.2, -0.15) is 0 Å². The molecule has 0 amide bonds. The zero-order valence-electron chi connectivity index (χ0n) is 10.9. The van der Waals surface area contributed by atoms with Crippen LogP contribution in [0.5, 0.6) is 0 Å². The smallest absolute Gasteiger partial charge is 0.259 e. The van der Waals surface area contributed by atoms with Gasteiger partial charge in [0.15, 0.2) is 5.03 Å². The second kappa shape index (κ2) is 7.73. The largest absolute Gasteiger partial charge is 0.334 e. The zero-order chi connectivity index (χ0) is 12.9. The Kier molecular flexibility index (Phi) is 7.46. The lowest BCUT2D eigenvalue weighted by molar-refractivity contribution is 0.572. The van der Waals surface area contributed by atoms with Gasteiger partial charge < -0.3 is 9.88 Å². The molecule has 0 saturated heterocycles. The summed E-state index contributed by atoms with van der Waals surface area (Å²) in [6, 6.07) is 0.204. The third-order valence-electron chi connectivity index (χ3n) is 2.35. The molecule has 6 nitrogen and oxygen atoms in total. The van der Waals surface area contributed by atoms with Gasteiger partial charge >= 0.3 is 0 Å². The molecular formula is C10H21ClN4O2S. The molecule has 0 aliphatic heterocycles. The van der Waals surface area contributed by atoms with Gasteiger partial charge in [-0.25, -0.2) is 18.1 Å². The predicted molar refractivity (Wildman–Crippen MR) is 73.6 cm³/mol. The van der Waals surface area contributed by atoms with Gasteiger partial charge in [-0.05, 0) is 33.9 Å². The number of nitrogens with one attached hydrogen (secondary N) is 2. The van der Waals surface area contributed by atoms with Crippen molar-refractivity contribution in [3.05, 3.63) is 12.5 Å². The molecule has 1 aromatic rings. The first-order valence-corrected chi connectivity index (χ1v) is 7.13. The molecular weight excluding hydrogens is 276 g/mol. The molecule has 1 rings (SSSR count). The average molecular weight is 297 g/mol. The standard InChI is InChI=1S/C10H20N4O2S.ClH/c1-9(2)14-7-10(12-8-14)17(15,16)13-6-4-5-11-3;/h7-9,11,13H,4-6H2,1-3H3;1H. The summed E-state index contributed by atoms with van der Waals surface area (Å²) in [5.41, 5.74) is 0. The minimum atomic E-state index is -3.46. The quantitative estimate of drug-likeness (QED) is 0.729. The monoisotopic (exact) mass is 296 g/mol. The Morgan fingerprint density at radius 2 is 2.06 bits per heavy atom. The van der Waals surface area contributed by atoms with Gasteiger partial charge in [0.2, 0.25) is 0 Å². The molecule has 0 saturated carbocycles. The van der Waals surface area contributed by atoms with Gasteiger partial charge in [0.1, 0.15) is 0 Å². The first kappa shape index (κ1) is 17.4. The maximum Gasteiger partial charge on any atom is 0.259 e. The number of halogens is 1. The fourth-order valence-corrected chi connectivity index (χ4v) is 2.29. The maximum atomic E-state index is 11.8. The van der Waals surface area contributed by atoms with E-state index in [2.05, 4.69) is 15.0 Å². The van der Waals surface area contributed by atoms with E-state index < -0.39 is 10.0 Å². The van der Waals surface area contributed by atoms with E-state index >= 15 is 0 Å². The van der Waals surface area contributed by atoms with E-state index in [1.54, 1.807) is 10.8 Å². The van der Waals surface area contributed by atoms with E-state index in [-0.39, 0.29) is 23.5 Å². The molecule has 0 unspecified atom stereocenters. The molecule has 8 heteroatoms. The van der Waals surface area contributed by atoms with Crippen LogP contribution in [0.25, 0.3) is 0 Å². The van der Waals surface area contributed by atoms with Crippen LogP contribution in [0.15, 0.2) is 17.6 Å². The number of nitrogens with zero attached hydrogens (tertiary/aromatic N) is 2. The third-order valence-corrected chi connectivity index (χ3v) is 3.69. The van der Waals surface area contributed by atoms with Gasteiger partial charge in [0.05, 0.1) is 6.33 Å². The van der Waals surface area contributed by atoms with Crippen molar-refractivity contribution in [2.24, 2.45) is 0 Å². The van der Waals surface area contributed by atoms with Crippen molar-refractivity contribution in [1.29, 1.82) is 0 Å². The normalized spacial score (nSPS) is 11.6. The lowest BCUT2D eigenvalue weighted by Crippen LogP contribution is -2.27. The highest BCUT2D eigenvalue weighted by Crippen LogP contribution is 2.09. The number of sulfonamides is 1. The highest BCUT2D eigenvalue weighted by atomic mass is 35.5. The highest BCUT2D eigenvalue weighted by Gasteiger charge is 2.16. The SMILES string of the molecule is CNCCCNS(=O)(=O)c1cn(C(C)C)cn1.Cl. The van der Waals surface area contributed by atoms with Crippen LogP contribution in [-0.4, -0.2) is 38.1 Å². The van der Waals surface area contributed by atoms with Crippen LogP contribution in [0.4, 0.5) is 0 Å². The molecule has 106 valence electrons. The zero-order valence-corrected chi connectivity index (χ0v) is 12.5. The van der Waals surface area contributed by atoms with Crippen LogP contribution in [0.2, 0.25) is 0 Å². The molecule has 0 fully saturated rings. The summed E-state index contributed by atoms with van der Waals surface area (Å²) in [6.45, 7) is 5.14. The van der Waals surface area contributed by atoms with Gasteiger partial charge in [-0.1, -0.05) is 0 Å². The van der Waals surface area contributed by atoms with Crippen LogP contribution in [0, 0.1) is 0 Å². The van der Waals surface area contributed by atoms with E-state index in [0.29, 0.717) is 6.54 Å². The van der Waals surface area contributed by atoms with Crippen molar-refractivity contribution in [2.75, 3.05) is 20.1 Å². The number of aromatic nitrogens is 2. The van der Waals surface area contributed by atoms with Crippen LogP contribution >= 0.6 is 12.4 Å². The fraction of sp³-hybridized carbons (Fsp3) is 0.700. The minimum Gasteiger partial charge on any atom is -0.334 e.